The lowest BCUT2D eigenvalue weighted by Crippen LogP contribution is -2.15. The third-order valence-electron chi connectivity index (χ3n) is 2.91. The fourth-order valence-corrected chi connectivity index (χ4v) is 1.98. The molecule has 0 saturated heterocycles. The Bertz CT molecular complexity index is 602. The maximum absolute atomic E-state index is 12.6. The van der Waals surface area contributed by atoms with Gasteiger partial charge in [-0.05, 0) is 11.5 Å². The molecule has 0 saturated carbocycles. The zero-order chi connectivity index (χ0) is 15.5. The van der Waals surface area contributed by atoms with Crippen LogP contribution in [0.1, 0.15) is 24.2 Å². The molecule has 2 rings (SSSR count). The van der Waals surface area contributed by atoms with Gasteiger partial charge in [0.25, 0.3) is 0 Å². The largest absolute Gasteiger partial charge is 0.451 e. The second kappa shape index (κ2) is 6.30. The van der Waals surface area contributed by atoms with Gasteiger partial charge in [-0.25, -0.2) is 9.97 Å². The first kappa shape index (κ1) is 15.6. The summed E-state index contributed by atoms with van der Waals surface area (Å²) in [5, 5.41) is 2.62. The molecular weight excluding hydrogens is 303 g/mol. The van der Waals surface area contributed by atoms with E-state index in [9.17, 15) is 13.2 Å². The van der Waals surface area contributed by atoms with Gasteiger partial charge in [0.1, 0.15) is 11.0 Å². The minimum atomic E-state index is -4.62. The van der Waals surface area contributed by atoms with Gasteiger partial charge in [-0.15, -0.1) is 0 Å². The van der Waals surface area contributed by atoms with Crippen LogP contribution in [0.5, 0.6) is 0 Å². The van der Waals surface area contributed by atoms with Gasteiger partial charge in [-0.2, -0.15) is 13.2 Å². The van der Waals surface area contributed by atoms with Crippen molar-refractivity contribution in [2.75, 3.05) is 11.9 Å². The number of hydrogen-bond acceptors (Lipinski definition) is 3. The Morgan fingerprint density at radius 1 is 1.19 bits per heavy atom. The number of anilines is 1. The molecule has 3 nitrogen and oxygen atoms in total. The molecule has 7 heteroatoms. The van der Waals surface area contributed by atoms with Crippen LogP contribution in [0.4, 0.5) is 19.0 Å². The molecule has 1 N–H and O–H groups in total. The zero-order valence-corrected chi connectivity index (χ0v) is 11.9. The summed E-state index contributed by atoms with van der Waals surface area (Å²) >= 11 is 5.60. The van der Waals surface area contributed by atoms with Crippen LogP contribution in [-0.2, 0) is 6.18 Å². The average molecular weight is 316 g/mol. The van der Waals surface area contributed by atoms with E-state index in [-0.39, 0.29) is 16.9 Å². The quantitative estimate of drug-likeness (QED) is 0.852. The fourth-order valence-electron chi connectivity index (χ4n) is 1.79. The van der Waals surface area contributed by atoms with Gasteiger partial charge >= 0.3 is 6.18 Å². The molecule has 112 valence electrons. The van der Waals surface area contributed by atoms with Crippen molar-refractivity contribution in [3.8, 4) is 0 Å². The van der Waals surface area contributed by atoms with E-state index in [0.29, 0.717) is 6.54 Å². The van der Waals surface area contributed by atoms with E-state index in [2.05, 4.69) is 15.3 Å². The molecule has 1 heterocycles. The van der Waals surface area contributed by atoms with Crippen LogP contribution >= 0.6 is 11.6 Å². The minimum absolute atomic E-state index is 0.0603. The van der Waals surface area contributed by atoms with Crippen LogP contribution < -0.4 is 5.32 Å². The van der Waals surface area contributed by atoms with Crippen molar-refractivity contribution in [1.82, 2.24) is 9.97 Å². The Morgan fingerprint density at radius 2 is 1.86 bits per heavy atom. The van der Waals surface area contributed by atoms with E-state index in [1.54, 1.807) is 0 Å². The Kier molecular flexibility index (Phi) is 4.67. The summed E-state index contributed by atoms with van der Waals surface area (Å²) in [7, 11) is 0. The number of alkyl halides is 3. The summed E-state index contributed by atoms with van der Waals surface area (Å²) in [4.78, 5) is 6.62. The molecule has 0 aliphatic rings. The number of halogens is 4. The summed E-state index contributed by atoms with van der Waals surface area (Å²) in [6, 6.07) is 10.9. The predicted octanol–water partition coefficient (Wildman–Crippen LogP) is 4.36. The zero-order valence-electron chi connectivity index (χ0n) is 11.2. The molecule has 2 aromatic rings. The molecular formula is C14H13ClF3N3. The summed E-state index contributed by atoms with van der Waals surface area (Å²) in [6.45, 7) is 2.41. The molecule has 1 atom stereocenters. The Labute approximate surface area is 125 Å². The van der Waals surface area contributed by atoms with Crippen LogP contribution in [0.15, 0.2) is 36.4 Å². The Hall–Kier alpha value is -1.82. The molecule has 0 fully saturated rings. The van der Waals surface area contributed by atoms with Crippen molar-refractivity contribution >= 4 is 17.4 Å². The smallest absolute Gasteiger partial charge is 0.369 e. The van der Waals surface area contributed by atoms with Crippen LogP contribution in [0, 0.1) is 0 Å². The monoisotopic (exact) mass is 315 g/mol. The van der Waals surface area contributed by atoms with E-state index in [0.717, 1.165) is 5.56 Å². The topological polar surface area (TPSA) is 37.8 Å². The van der Waals surface area contributed by atoms with E-state index in [1.807, 2.05) is 37.3 Å². The standard InChI is InChI=1S/C14H13ClF3N3/c1-9(10-5-3-2-4-6-10)8-19-12-7-11(15)20-13(21-12)14(16,17)18/h2-7,9H,8H2,1H3,(H,19,20,21). The van der Waals surface area contributed by atoms with Gasteiger partial charge in [0.2, 0.25) is 5.82 Å². The number of nitrogens with zero attached hydrogens (tertiary/aromatic N) is 2. The van der Waals surface area contributed by atoms with Crippen molar-refractivity contribution in [3.05, 3.63) is 52.9 Å². The van der Waals surface area contributed by atoms with Gasteiger partial charge < -0.3 is 5.32 Å². The normalized spacial score (nSPS) is 13.0. The maximum Gasteiger partial charge on any atom is 0.451 e. The lowest BCUT2D eigenvalue weighted by Gasteiger charge is -2.14. The van der Waals surface area contributed by atoms with E-state index in [1.165, 1.54) is 6.07 Å². The molecule has 0 amide bonds. The van der Waals surface area contributed by atoms with Gasteiger partial charge in [0, 0.05) is 12.6 Å². The van der Waals surface area contributed by atoms with Crippen molar-refractivity contribution in [2.45, 2.75) is 19.0 Å². The second-order valence-electron chi connectivity index (χ2n) is 4.59. The molecule has 0 aliphatic heterocycles. The number of aromatic nitrogens is 2. The van der Waals surface area contributed by atoms with Gasteiger partial charge in [-0.3, -0.25) is 0 Å². The molecule has 0 bridgehead atoms. The SMILES string of the molecule is CC(CNc1cc(Cl)nc(C(F)(F)F)n1)c1ccccc1. The van der Waals surface area contributed by atoms with Crippen LogP contribution in [-0.4, -0.2) is 16.5 Å². The van der Waals surface area contributed by atoms with Gasteiger partial charge in [-0.1, -0.05) is 48.9 Å². The fraction of sp³-hybridized carbons (Fsp3) is 0.286. The summed E-state index contributed by atoms with van der Waals surface area (Å²) in [5.41, 5.74) is 1.08. The first-order valence-electron chi connectivity index (χ1n) is 6.27. The number of nitrogens with one attached hydrogen (secondary N) is 1. The summed E-state index contributed by atoms with van der Waals surface area (Å²) < 4.78 is 37.8. The lowest BCUT2D eigenvalue weighted by atomic mass is 10.0. The van der Waals surface area contributed by atoms with E-state index < -0.39 is 12.0 Å². The van der Waals surface area contributed by atoms with Crippen molar-refractivity contribution in [1.29, 1.82) is 0 Å². The average Bonchev–Trinajstić information content (AvgIpc) is 2.44. The highest BCUT2D eigenvalue weighted by molar-refractivity contribution is 6.29. The van der Waals surface area contributed by atoms with Crippen LogP contribution in [0.25, 0.3) is 0 Å². The lowest BCUT2D eigenvalue weighted by molar-refractivity contribution is -0.144. The van der Waals surface area contributed by atoms with Crippen LogP contribution in [0.2, 0.25) is 5.15 Å². The predicted molar refractivity (Wildman–Crippen MR) is 75.4 cm³/mol. The summed E-state index contributed by atoms with van der Waals surface area (Å²) in [6.07, 6.45) is -4.62. The third kappa shape index (κ3) is 4.32. The minimum Gasteiger partial charge on any atom is -0.369 e. The van der Waals surface area contributed by atoms with E-state index in [4.69, 9.17) is 11.6 Å². The Balaban J connectivity index is 2.08. The highest BCUT2D eigenvalue weighted by Crippen LogP contribution is 2.28. The van der Waals surface area contributed by atoms with Crippen molar-refractivity contribution in [3.63, 3.8) is 0 Å². The highest BCUT2D eigenvalue weighted by atomic mass is 35.5. The number of hydrogen-bond donors (Lipinski definition) is 1. The molecule has 0 aliphatic carbocycles. The van der Waals surface area contributed by atoms with Crippen molar-refractivity contribution in [2.24, 2.45) is 0 Å². The maximum atomic E-state index is 12.6. The first-order chi connectivity index (χ1) is 9.86. The van der Waals surface area contributed by atoms with Crippen molar-refractivity contribution < 1.29 is 13.2 Å². The van der Waals surface area contributed by atoms with E-state index >= 15 is 0 Å². The van der Waals surface area contributed by atoms with Crippen LogP contribution in [0.3, 0.4) is 0 Å². The molecule has 21 heavy (non-hydrogen) atoms. The van der Waals surface area contributed by atoms with Gasteiger partial charge in [0.15, 0.2) is 0 Å². The van der Waals surface area contributed by atoms with Gasteiger partial charge in [0.05, 0.1) is 0 Å². The molecule has 1 aromatic carbocycles. The first-order valence-corrected chi connectivity index (χ1v) is 6.64. The molecule has 1 unspecified atom stereocenters. The summed E-state index contributed by atoms with van der Waals surface area (Å²) in [5.74, 6) is -1.07. The third-order valence-corrected chi connectivity index (χ3v) is 3.10. The second-order valence-corrected chi connectivity index (χ2v) is 4.98. The molecule has 0 radical (unpaired) electrons. The Morgan fingerprint density at radius 3 is 2.48 bits per heavy atom. The molecule has 0 spiro atoms. The highest BCUT2D eigenvalue weighted by Gasteiger charge is 2.35. The molecule has 1 aromatic heterocycles. The number of benzene rings is 1. The number of rotatable bonds is 4.